The summed E-state index contributed by atoms with van der Waals surface area (Å²) < 4.78 is 8.76. The van der Waals surface area contributed by atoms with E-state index in [1.807, 2.05) is 113 Å². The number of para-hydroxylation sites is 1. The molecule has 8 nitrogen and oxygen atoms in total. The summed E-state index contributed by atoms with van der Waals surface area (Å²) in [7, 11) is 0. The molecular weight excluding hydrogens is 1570 g/mol. The number of nitrogens with zero attached hydrogens (tertiary/aromatic N) is 7. The molecule has 0 atom stereocenters. The van der Waals surface area contributed by atoms with Gasteiger partial charge in [-0.15, -0.1) is 34.0 Å². The third-order valence-electron chi connectivity index (χ3n) is 23.3. The van der Waals surface area contributed by atoms with Gasteiger partial charge >= 0.3 is 0 Å². The monoisotopic (exact) mass is 1640 g/mol. The van der Waals surface area contributed by atoms with E-state index >= 15 is 0 Å². The number of pyridine rings is 2. The molecule has 0 aliphatic carbocycles. The number of hydrogen-bond acceptors (Lipinski definition) is 11. The van der Waals surface area contributed by atoms with E-state index in [1.165, 1.54) is 83.5 Å². The van der Waals surface area contributed by atoms with Crippen molar-refractivity contribution in [2.45, 2.75) is 0 Å². The normalized spacial score (nSPS) is 11.5. The maximum Gasteiger partial charge on any atom is 0.164 e. The number of aromatic nitrogens is 7. The highest BCUT2D eigenvalue weighted by atomic mass is 32.1. The van der Waals surface area contributed by atoms with Crippen LogP contribution in [0.5, 0.6) is 0 Å². The molecule has 24 aromatic rings. The highest BCUT2D eigenvalue weighted by molar-refractivity contribution is 7.26. The Morgan fingerprint density at radius 1 is 0.185 bits per heavy atom. The third kappa shape index (κ3) is 13.4. The van der Waals surface area contributed by atoms with Crippen LogP contribution in [0, 0.1) is 0 Å². The predicted molar refractivity (Wildman–Crippen MR) is 519 cm³/mol. The number of thiophene rings is 3. The molecule has 24 rings (SSSR count). The van der Waals surface area contributed by atoms with Crippen molar-refractivity contribution < 1.29 is 4.42 Å². The van der Waals surface area contributed by atoms with Crippen LogP contribution >= 0.6 is 34.0 Å². The van der Waals surface area contributed by atoms with Crippen LogP contribution in [0.1, 0.15) is 0 Å². The van der Waals surface area contributed by atoms with Crippen LogP contribution in [0.2, 0.25) is 0 Å². The lowest BCUT2D eigenvalue weighted by molar-refractivity contribution is 0.669. The highest BCUT2D eigenvalue weighted by Gasteiger charge is 2.27. The molecule has 0 radical (unpaired) electrons. The summed E-state index contributed by atoms with van der Waals surface area (Å²) in [6, 6.07) is 147. The molecule has 16 aromatic carbocycles. The van der Waals surface area contributed by atoms with Gasteiger partial charge in [0.2, 0.25) is 0 Å². The fraction of sp³-hybridized carbons (Fsp3) is 0. The molecule has 0 bridgehead atoms. The predicted octanol–water partition coefficient (Wildman–Crippen LogP) is 31.5. The standard InChI is InChI=1S/C57H35N3S2.C56H34N4OS/c1-5-16-38(17-6-1)53-52-51(54(39-18-7-2-8-19-39)62-55(52)40-20-9-3-10-21-40)45-33-32-42(34-48(45)58-53)36-28-30-37(31-29-36)47-35-49(60-57(59-47)41-22-11-4-12-23-41)46-26-15-25-44-43-24-13-14-27-50(43)61-56(44)46;1-5-16-36(17-6-1)51-50-49(52(37-18-7-2-8-19-37)62-53(50)38-20-9-3-10-21-38)44-34-41(32-33-45(44)57-51)35-28-30-40(31-29-35)55-58-54(39-22-11-4-12-23-39)59-56(60-55)43-25-15-27-47-48(43)42-24-13-14-26-46(42)61-47/h1-35H;1-34H. The minimum Gasteiger partial charge on any atom is -0.456 e. The van der Waals surface area contributed by atoms with Crippen molar-refractivity contribution in [1.29, 1.82) is 0 Å². The maximum atomic E-state index is 6.25. The lowest BCUT2D eigenvalue weighted by Crippen LogP contribution is -2.00. The van der Waals surface area contributed by atoms with Gasteiger partial charge < -0.3 is 4.42 Å². The van der Waals surface area contributed by atoms with E-state index in [0.717, 1.165) is 133 Å². The van der Waals surface area contributed by atoms with Gasteiger partial charge in [-0.1, -0.05) is 376 Å². The van der Waals surface area contributed by atoms with Crippen molar-refractivity contribution >= 4 is 119 Å². The fourth-order valence-electron chi connectivity index (χ4n) is 17.3. The number of hydrogen-bond donors (Lipinski definition) is 0. The Bertz CT molecular complexity index is 8170. The average Bonchev–Trinajstić information content (AvgIpc) is 1.56. The second-order valence-corrected chi connectivity index (χ2v) is 33.9. The first kappa shape index (κ1) is 73.5. The molecule has 8 aromatic heterocycles. The van der Waals surface area contributed by atoms with E-state index in [0.29, 0.717) is 23.3 Å². The van der Waals surface area contributed by atoms with Crippen molar-refractivity contribution in [3.05, 3.63) is 419 Å². The third-order valence-corrected chi connectivity index (χ3v) is 27.1. The molecule has 0 spiro atoms. The van der Waals surface area contributed by atoms with Crippen molar-refractivity contribution in [2.24, 2.45) is 0 Å². The summed E-state index contributed by atoms with van der Waals surface area (Å²) >= 11 is 5.51. The van der Waals surface area contributed by atoms with Gasteiger partial charge in [0.25, 0.3) is 0 Å². The van der Waals surface area contributed by atoms with Gasteiger partial charge in [0.1, 0.15) is 11.2 Å². The van der Waals surface area contributed by atoms with Crippen molar-refractivity contribution in [3.8, 4) is 155 Å². The zero-order valence-corrected chi connectivity index (χ0v) is 69.1. The van der Waals surface area contributed by atoms with Gasteiger partial charge in [0.05, 0.1) is 33.8 Å². The second-order valence-electron chi connectivity index (χ2n) is 30.8. The minimum atomic E-state index is 0.593. The van der Waals surface area contributed by atoms with Gasteiger partial charge in [0.15, 0.2) is 23.3 Å². The van der Waals surface area contributed by atoms with E-state index in [-0.39, 0.29) is 0 Å². The molecule has 0 saturated heterocycles. The Labute approximate surface area is 726 Å². The lowest BCUT2D eigenvalue weighted by Gasteiger charge is -2.12. The SMILES string of the molecule is c1ccc(-c2nc(-c3ccc(-c4ccc5c(c4)nc(-c4ccccc4)c4c(-c6ccccc6)sc(-c6ccccc6)c45)cc3)cc(-c3cccc4c3sc3ccccc34)n2)cc1.c1ccc(-c2nc(-c3ccc(-c4ccc5nc(-c6ccccc6)c6c(-c7ccccc7)sc(-c7ccccc7)c6c5c4)cc3)nc(-c3cccc4oc5ccccc5c34)n2)cc1. The first-order valence-electron chi connectivity index (χ1n) is 41.4. The Kier molecular flexibility index (Phi) is 18.7. The zero-order valence-electron chi connectivity index (χ0n) is 66.6. The van der Waals surface area contributed by atoms with Crippen LogP contribution < -0.4 is 0 Å². The van der Waals surface area contributed by atoms with Crippen LogP contribution in [-0.2, 0) is 0 Å². The van der Waals surface area contributed by atoms with Crippen LogP contribution in [0.15, 0.2) is 423 Å². The summed E-state index contributed by atoms with van der Waals surface area (Å²) in [6.45, 7) is 0. The Morgan fingerprint density at radius 2 is 0.573 bits per heavy atom. The quantitative estimate of drug-likeness (QED) is 0.106. The van der Waals surface area contributed by atoms with Gasteiger partial charge in [-0.25, -0.2) is 34.9 Å². The van der Waals surface area contributed by atoms with Crippen LogP contribution in [0.4, 0.5) is 0 Å². The lowest BCUT2D eigenvalue weighted by atomic mass is 9.94. The maximum absolute atomic E-state index is 6.25. The van der Waals surface area contributed by atoms with E-state index in [2.05, 4.69) is 340 Å². The Balaban J connectivity index is 0.000000143. The molecule has 8 heterocycles. The molecule has 0 amide bonds. The van der Waals surface area contributed by atoms with E-state index in [9.17, 15) is 0 Å². The number of rotatable bonds is 14. The largest absolute Gasteiger partial charge is 0.456 e. The Morgan fingerprint density at radius 3 is 1.14 bits per heavy atom. The number of furan rings is 1. The molecular formula is C113H69N7OS3. The number of fused-ring (bicyclic) bond motifs is 12. The van der Waals surface area contributed by atoms with Gasteiger partial charge in [-0.05, 0) is 87.0 Å². The summed E-state index contributed by atoms with van der Waals surface area (Å²) in [5.74, 6) is 2.51. The molecule has 11 heteroatoms. The topological polar surface area (TPSA) is 103 Å². The van der Waals surface area contributed by atoms with E-state index < -0.39 is 0 Å². The zero-order chi connectivity index (χ0) is 82.0. The van der Waals surface area contributed by atoms with Crippen molar-refractivity contribution in [1.82, 2.24) is 34.9 Å². The van der Waals surface area contributed by atoms with Crippen molar-refractivity contribution in [3.63, 3.8) is 0 Å². The fourth-order valence-corrected chi connectivity index (χ4v) is 21.2. The van der Waals surface area contributed by atoms with Crippen LogP contribution in [0.3, 0.4) is 0 Å². The van der Waals surface area contributed by atoms with Crippen LogP contribution in [0.25, 0.3) is 240 Å². The molecule has 580 valence electrons. The molecule has 0 N–H and O–H groups in total. The highest BCUT2D eigenvalue weighted by Crippen LogP contribution is 2.53. The molecule has 0 aliphatic rings. The molecule has 0 fully saturated rings. The molecule has 0 saturated carbocycles. The van der Waals surface area contributed by atoms with Crippen molar-refractivity contribution in [2.75, 3.05) is 0 Å². The minimum absolute atomic E-state index is 0.593. The molecule has 124 heavy (non-hydrogen) atoms. The van der Waals surface area contributed by atoms with Gasteiger partial charge in [-0.2, -0.15) is 0 Å². The average molecular weight is 1640 g/mol. The van der Waals surface area contributed by atoms with Gasteiger partial charge in [0, 0.05) is 127 Å². The first-order valence-corrected chi connectivity index (χ1v) is 43.8. The second kappa shape index (κ2) is 31.5. The van der Waals surface area contributed by atoms with E-state index in [4.69, 9.17) is 39.3 Å². The summed E-state index contributed by atoms with van der Waals surface area (Å²) in [5.41, 5.74) is 24.6. The first-order chi connectivity index (χ1) is 61.5. The number of benzene rings is 16. The van der Waals surface area contributed by atoms with E-state index in [1.54, 1.807) is 0 Å². The molecule has 0 aliphatic heterocycles. The smallest absolute Gasteiger partial charge is 0.164 e. The molecule has 0 unspecified atom stereocenters. The summed E-state index contributed by atoms with van der Waals surface area (Å²) in [6.07, 6.45) is 0. The Hall–Kier alpha value is -15.6. The summed E-state index contributed by atoms with van der Waals surface area (Å²) in [5, 5.41) is 11.6. The van der Waals surface area contributed by atoms with Crippen LogP contribution in [-0.4, -0.2) is 34.9 Å². The van der Waals surface area contributed by atoms with Gasteiger partial charge in [-0.3, -0.25) is 0 Å². The summed E-state index contributed by atoms with van der Waals surface area (Å²) in [4.78, 5) is 41.5.